The van der Waals surface area contributed by atoms with Crippen molar-refractivity contribution in [1.29, 1.82) is 0 Å². The Hall–Kier alpha value is -3.08. The summed E-state index contributed by atoms with van der Waals surface area (Å²) in [7, 11) is 0. The number of aromatic nitrogens is 4. The fourth-order valence-corrected chi connectivity index (χ4v) is 2.56. The van der Waals surface area contributed by atoms with Gasteiger partial charge in [-0.05, 0) is 24.3 Å². The summed E-state index contributed by atoms with van der Waals surface area (Å²) < 4.78 is 1.88. The normalized spacial score (nSPS) is 11.0. The SMILES string of the molecule is O=c1c2ccccc2n(-c2ncncn2)c2ccccc12. The fourth-order valence-electron chi connectivity index (χ4n) is 2.56. The van der Waals surface area contributed by atoms with Crippen molar-refractivity contribution in [3.63, 3.8) is 0 Å². The molecule has 5 nitrogen and oxygen atoms in total. The maximum atomic E-state index is 12.6. The van der Waals surface area contributed by atoms with Gasteiger partial charge in [0.1, 0.15) is 12.7 Å². The maximum Gasteiger partial charge on any atom is 0.237 e. The zero-order valence-corrected chi connectivity index (χ0v) is 11.0. The van der Waals surface area contributed by atoms with Crippen molar-refractivity contribution in [1.82, 2.24) is 19.5 Å². The van der Waals surface area contributed by atoms with E-state index >= 15 is 0 Å². The standard InChI is InChI=1S/C16H10N4O/c21-15-11-5-1-3-7-13(11)20(16-18-9-17-10-19-16)14-8-4-2-6-12(14)15/h1-10H. The molecular formula is C16H10N4O. The van der Waals surface area contributed by atoms with Crippen molar-refractivity contribution in [2.75, 3.05) is 0 Å². The molecule has 0 N–H and O–H groups in total. The molecule has 5 heteroatoms. The maximum absolute atomic E-state index is 12.6. The van der Waals surface area contributed by atoms with Crippen molar-refractivity contribution >= 4 is 21.8 Å². The van der Waals surface area contributed by atoms with Gasteiger partial charge in [0.05, 0.1) is 11.0 Å². The monoisotopic (exact) mass is 274 g/mol. The number of fused-ring (bicyclic) bond motifs is 2. The molecule has 0 aliphatic heterocycles. The van der Waals surface area contributed by atoms with E-state index in [0.717, 1.165) is 11.0 Å². The zero-order valence-electron chi connectivity index (χ0n) is 11.0. The molecule has 0 spiro atoms. The van der Waals surface area contributed by atoms with Crippen molar-refractivity contribution in [3.05, 3.63) is 71.4 Å². The summed E-state index contributed by atoms with van der Waals surface area (Å²) in [4.78, 5) is 24.9. The lowest BCUT2D eigenvalue weighted by Crippen LogP contribution is -2.12. The van der Waals surface area contributed by atoms with Gasteiger partial charge in [0.2, 0.25) is 5.95 Å². The molecule has 0 fully saturated rings. The van der Waals surface area contributed by atoms with Gasteiger partial charge in [-0.25, -0.2) is 15.0 Å². The van der Waals surface area contributed by atoms with Gasteiger partial charge < -0.3 is 0 Å². The molecule has 4 aromatic rings. The van der Waals surface area contributed by atoms with E-state index in [-0.39, 0.29) is 5.43 Å². The molecule has 2 aromatic heterocycles. The van der Waals surface area contributed by atoms with Crippen molar-refractivity contribution in [2.45, 2.75) is 0 Å². The Morgan fingerprint density at radius 3 is 1.86 bits per heavy atom. The first-order valence-electron chi connectivity index (χ1n) is 6.51. The first-order chi connectivity index (χ1) is 10.4. The van der Waals surface area contributed by atoms with Crippen molar-refractivity contribution in [2.24, 2.45) is 0 Å². The zero-order chi connectivity index (χ0) is 14.2. The van der Waals surface area contributed by atoms with E-state index in [0.29, 0.717) is 16.7 Å². The number of pyridine rings is 1. The molecule has 0 bridgehead atoms. The number of para-hydroxylation sites is 2. The summed E-state index contributed by atoms with van der Waals surface area (Å²) >= 11 is 0. The van der Waals surface area contributed by atoms with Crippen LogP contribution < -0.4 is 5.43 Å². The van der Waals surface area contributed by atoms with Crippen LogP contribution in [0.25, 0.3) is 27.8 Å². The molecule has 0 unspecified atom stereocenters. The van der Waals surface area contributed by atoms with Gasteiger partial charge in [0, 0.05) is 10.8 Å². The molecule has 2 aromatic carbocycles. The Bertz CT molecular complexity index is 949. The summed E-state index contributed by atoms with van der Waals surface area (Å²) in [6, 6.07) is 14.9. The molecule has 0 radical (unpaired) electrons. The highest BCUT2D eigenvalue weighted by Gasteiger charge is 2.12. The van der Waals surface area contributed by atoms with Gasteiger partial charge in [-0.2, -0.15) is 0 Å². The van der Waals surface area contributed by atoms with Crippen LogP contribution in [-0.4, -0.2) is 19.5 Å². The van der Waals surface area contributed by atoms with E-state index in [2.05, 4.69) is 15.0 Å². The van der Waals surface area contributed by atoms with Crippen LogP contribution in [0.15, 0.2) is 66.0 Å². The molecule has 0 amide bonds. The van der Waals surface area contributed by atoms with Gasteiger partial charge in [-0.1, -0.05) is 24.3 Å². The number of nitrogens with zero attached hydrogens (tertiary/aromatic N) is 4. The lowest BCUT2D eigenvalue weighted by atomic mass is 10.1. The van der Waals surface area contributed by atoms with Gasteiger partial charge in [-0.15, -0.1) is 0 Å². The highest BCUT2D eigenvalue weighted by atomic mass is 16.1. The predicted molar refractivity (Wildman–Crippen MR) is 80.4 cm³/mol. The minimum absolute atomic E-state index is 0.0199. The Kier molecular flexibility index (Phi) is 2.50. The third kappa shape index (κ3) is 1.71. The molecule has 21 heavy (non-hydrogen) atoms. The lowest BCUT2D eigenvalue weighted by Gasteiger charge is -2.12. The first kappa shape index (κ1) is 11.7. The van der Waals surface area contributed by atoms with Crippen LogP contribution in [0.4, 0.5) is 0 Å². The Labute approximate surface area is 119 Å². The van der Waals surface area contributed by atoms with E-state index in [1.165, 1.54) is 12.7 Å². The molecule has 4 rings (SSSR count). The van der Waals surface area contributed by atoms with Crippen LogP contribution in [-0.2, 0) is 0 Å². The highest BCUT2D eigenvalue weighted by Crippen LogP contribution is 2.21. The average molecular weight is 274 g/mol. The fraction of sp³-hybridized carbons (Fsp3) is 0. The smallest absolute Gasteiger partial charge is 0.237 e. The van der Waals surface area contributed by atoms with Crippen molar-refractivity contribution < 1.29 is 0 Å². The summed E-state index contributed by atoms with van der Waals surface area (Å²) in [5.74, 6) is 0.498. The molecule has 0 aliphatic carbocycles. The van der Waals surface area contributed by atoms with Gasteiger partial charge in [-0.3, -0.25) is 9.36 Å². The number of benzene rings is 2. The largest absolute Gasteiger partial charge is 0.288 e. The lowest BCUT2D eigenvalue weighted by molar-refractivity contribution is 0.935. The van der Waals surface area contributed by atoms with Crippen LogP contribution in [0.3, 0.4) is 0 Å². The van der Waals surface area contributed by atoms with Crippen LogP contribution >= 0.6 is 0 Å². The summed E-state index contributed by atoms with van der Waals surface area (Å²) in [5, 5.41) is 1.30. The third-order valence-electron chi connectivity index (χ3n) is 3.46. The summed E-state index contributed by atoms with van der Waals surface area (Å²) in [6.07, 6.45) is 2.90. The minimum Gasteiger partial charge on any atom is -0.288 e. The van der Waals surface area contributed by atoms with E-state index < -0.39 is 0 Å². The Balaban J connectivity index is 2.31. The molecular weight excluding hydrogens is 264 g/mol. The quantitative estimate of drug-likeness (QED) is 0.500. The van der Waals surface area contributed by atoms with E-state index in [9.17, 15) is 4.79 Å². The second-order valence-electron chi connectivity index (χ2n) is 4.64. The molecule has 0 saturated carbocycles. The Morgan fingerprint density at radius 1 is 0.762 bits per heavy atom. The minimum atomic E-state index is 0.0199. The van der Waals surface area contributed by atoms with Crippen molar-refractivity contribution in [3.8, 4) is 5.95 Å². The van der Waals surface area contributed by atoms with Crippen LogP contribution in [0.2, 0.25) is 0 Å². The van der Waals surface area contributed by atoms with Crippen LogP contribution in [0, 0.1) is 0 Å². The second-order valence-corrected chi connectivity index (χ2v) is 4.64. The molecule has 2 heterocycles. The first-order valence-corrected chi connectivity index (χ1v) is 6.51. The molecule has 0 saturated heterocycles. The van der Waals surface area contributed by atoms with E-state index in [4.69, 9.17) is 0 Å². The Morgan fingerprint density at radius 2 is 1.29 bits per heavy atom. The number of rotatable bonds is 1. The second kappa shape index (κ2) is 4.49. The third-order valence-corrected chi connectivity index (χ3v) is 3.46. The average Bonchev–Trinajstić information content (AvgIpc) is 2.56. The summed E-state index contributed by atoms with van der Waals surface area (Å²) in [6.45, 7) is 0. The molecule has 0 atom stereocenters. The summed E-state index contributed by atoms with van der Waals surface area (Å²) in [5.41, 5.74) is 1.59. The van der Waals surface area contributed by atoms with E-state index in [1.807, 2.05) is 53.1 Å². The topological polar surface area (TPSA) is 60.7 Å². The molecule has 0 aliphatic rings. The number of hydrogen-bond donors (Lipinski definition) is 0. The van der Waals surface area contributed by atoms with Gasteiger partial charge in [0.15, 0.2) is 5.43 Å². The number of hydrogen-bond acceptors (Lipinski definition) is 4. The highest BCUT2D eigenvalue weighted by molar-refractivity contribution is 5.94. The van der Waals surface area contributed by atoms with Gasteiger partial charge >= 0.3 is 0 Å². The van der Waals surface area contributed by atoms with Crippen LogP contribution in [0.5, 0.6) is 0 Å². The van der Waals surface area contributed by atoms with Crippen LogP contribution in [0.1, 0.15) is 0 Å². The predicted octanol–water partition coefficient (Wildman–Crippen LogP) is 2.33. The van der Waals surface area contributed by atoms with E-state index in [1.54, 1.807) is 0 Å². The molecule has 100 valence electrons. The van der Waals surface area contributed by atoms with Gasteiger partial charge in [0.25, 0.3) is 0 Å².